The van der Waals surface area contributed by atoms with Crippen molar-refractivity contribution in [2.45, 2.75) is 52.0 Å². The molecule has 1 aromatic carbocycles. The fourth-order valence-electron chi connectivity index (χ4n) is 3.80. The van der Waals surface area contributed by atoms with Crippen molar-refractivity contribution in [1.29, 1.82) is 0 Å². The first-order valence-corrected chi connectivity index (χ1v) is 8.53. The van der Waals surface area contributed by atoms with Crippen LogP contribution in [0, 0.1) is 11.8 Å². The Morgan fingerprint density at radius 3 is 2.57 bits per heavy atom. The second kappa shape index (κ2) is 6.65. The lowest BCUT2D eigenvalue weighted by Gasteiger charge is -2.33. The fourth-order valence-corrected chi connectivity index (χ4v) is 3.80. The lowest BCUT2D eigenvalue weighted by Crippen LogP contribution is -2.30. The molecule has 1 aliphatic carbocycles. The van der Waals surface area contributed by atoms with Gasteiger partial charge in [0.25, 0.3) is 0 Å². The van der Waals surface area contributed by atoms with E-state index in [2.05, 4.69) is 43.4 Å². The third kappa shape index (κ3) is 3.16. The molecule has 0 radical (unpaired) electrons. The molecule has 1 aromatic heterocycles. The Bertz CT molecular complexity index is 533. The van der Waals surface area contributed by atoms with Crippen LogP contribution >= 0.6 is 0 Å². The lowest BCUT2D eigenvalue weighted by atomic mass is 9.77. The van der Waals surface area contributed by atoms with Crippen LogP contribution in [0.3, 0.4) is 0 Å². The number of hydrogen-bond acceptors (Lipinski definition) is 2. The molecular weight excluding hydrogens is 258 g/mol. The lowest BCUT2D eigenvalue weighted by molar-refractivity contribution is 0.205. The molecule has 0 amide bonds. The number of fused-ring (bicyclic) bond motifs is 1. The number of benzene rings is 1. The molecule has 0 saturated heterocycles. The van der Waals surface area contributed by atoms with E-state index in [1.165, 1.54) is 37.5 Å². The molecule has 3 rings (SSSR count). The van der Waals surface area contributed by atoms with Gasteiger partial charge in [-0.15, -0.1) is 0 Å². The van der Waals surface area contributed by atoms with Gasteiger partial charge >= 0.3 is 0 Å². The second-order valence-corrected chi connectivity index (χ2v) is 6.41. The van der Waals surface area contributed by atoms with Gasteiger partial charge in [0, 0.05) is 5.39 Å². The van der Waals surface area contributed by atoms with Crippen LogP contribution in [-0.4, -0.2) is 6.54 Å². The number of furan rings is 1. The van der Waals surface area contributed by atoms with Crippen LogP contribution in [0.2, 0.25) is 0 Å². The Balaban J connectivity index is 1.80. The van der Waals surface area contributed by atoms with Gasteiger partial charge in [0.05, 0.1) is 6.04 Å². The molecule has 114 valence electrons. The van der Waals surface area contributed by atoms with E-state index in [1.54, 1.807) is 0 Å². The topological polar surface area (TPSA) is 25.2 Å². The van der Waals surface area contributed by atoms with E-state index in [0.717, 1.165) is 23.8 Å². The number of rotatable bonds is 5. The van der Waals surface area contributed by atoms with E-state index in [-0.39, 0.29) is 0 Å². The molecule has 1 aliphatic rings. The summed E-state index contributed by atoms with van der Waals surface area (Å²) >= 11 is 0. The summed E-state index contributed by atoms with van der Waals surface area (Å²) in [5.41, 5.74) is 1.01. The van der Waals surface area contributed by atoms with Crippen molar-refractivity contribution < 1.29 is 4.42 Å². The van der Waals surface area contributed by atoms with Crippen LogP contribution in [0.1, 0.15) is 57.8 Å². The molecule has 1 unspecified atom stereocenters. The van der Waals surface area contributed by atoms with E-state index in [1.807, 2.05) is 6.07 Å². The largest absolute Gasteiger partial charge is 0.459 e. The van der Waals surface area contributed by atoms with Crippen molar-refractivity contribution in [2.75, 3.05) is 6.54 Å². The SMILES string of the molecule is CCNC(c1cc2ccccc2o1)C1CCC(CC)CC1. The molecule has 2 heteroatoms. The van der Waals surface area contributed by atoms with Crippen molar-refractivity contribution in [1.82, 2.24) is 5.32 Å². The van der Waals surface area contributed by atoms with Crippen LogP contribution in [0.15, 0.2) is 34.7 Å². The van der Waals surface area contributed by atoms with Gasteiger partial charge in [-0.05, 0) is 43.4 Å². The maximum Gasteiger partial charge on any atom is 0.134 e. The van der Waals surface area contributed by atoms with Crippen LogP contribution in [-0.2, 0) is 0 Å². The van der Waals surface area contributed by atoms with Gasteiger partial charge in [-0.25, -0.2) is 0 Å². The average Bonchev–Trinajstić information content (AvgIpc) is 2.96. The van der Waals surface area contributed by atoms with Gasteiger partial charge in [-0.1, -0.05) is 51.3 Å². The van der Waals surface area contributed by atoms with Crippen LogP contribution in [0.4, 0.5) is 0 Å². The molecule has 1 saturated carbocycles. The highest BCUT2D eigenvalue weighted by Crippen LogP contribution is 2.39. The Labute approximate surface area is 127 Å². The van der Waals surface area contributed by atoms with E-state index in [0.29, 0.717) is 12.0 Å². The zero-order valence-electron chi connectivity index (χ0n) is 13.3. The normalized spacial score (nSPS) is 24.3. The van der Waals surface area contributed by atoms with Gasteiger partial charge < -0.3 is 9.73 Å². The van der Waals surface area contributed by atoms with E-state index in [4.69, 9.17) is 4.42 Å². The van der Waals surface area contributed by atoms with Crippen LogP contribution in [0.5, 0.6) is 0 Å². The number of nitrogens with one attached hydrogen (secondary N) is 1. The quantitative estimate of drug-likeness (QED) is 0.806. The summed E-state index contributed by atoms with van der Waals surface area (Å²) in [5, 5.41) is 4.89. The highest BCUT2D eigenvalue weighted by Gasteiger charge is 2.29. The molecule has 0 aliphatic heterocycles. The predicted octanol–water partition coefficient (Wildman–Crippen LogP) is 5.30. The van der Waals surface area contributed by atoms with Crippen molar-refractivity contribution in [3.8, 4) is 0 Å². The van der Waals surface area contributed by atoms with Crippen molar-refractivity contribution in [3.63, 3.8) is 0 Å². The van der Waals surface area contributed by atoms with E-state index in [9.17, 15) is 0 Å². The second-order valence-electron chi connectivity index (χ2n) is 6.41. The molecule has 21 heavy (non-hydrogen) atoms. The number of hydrogen-bond donors (Lipinski definition) is 1. The third-order valence-corrected chi connectivity index (χ3v) is 5.12. The molecule has 0 bridgehead atoms. The molecule has 1 heterocycles. The van der Waals surface area contributed by atoms with Crippen LogP contribution < -0.4 is 5.32 Å². The third-order valence-electron chi connectivity index (χ3n) is 5.12. The molecule has 1 fully saturated rings. The first-order valence-electron chi connectivity index (χ1n) is 8.53. The van der Waals surface area contributed by atoms with Crippen LogP contribution in [0.25, 0.3) is 11.0 Å². The minimum atomic E-state index is 0.375. The standard InChI is InChI=1S/C19H27NO/c1-3-14-9-11-15(12-10-14)19(20-4-2)18-13-16-7-5-6-8-17(16)21-18/h5-8,13-15,19-20H,3-4,9-12H2,1-2H3. The van der Waals surface area contributed by atoms with Gasteiger partial charge in [-0.2, -0.15) is 0 Å². The minimum Gasteiger partial charge on any atom is -0.459 e. The van der Waals surface area contributed by atoms with E-state index >= 15 is 0 Å². The molecule has 1 atom stereocenters. The molecule has 2 aromatic rings. The molecule has 1 N–H and O–H groups in total. The minimum absolute atomic E-state index is 0.375. The Kier molecular flexibility index (Phi) is 4.64. The van der Waals surface area contributed by atoms with Gasteiger partial charge in [0.15, 0.2) is 0 Å². The zero-order valence-corrected chi connectivity index (χ0v) is 13.3. The predicted molar refractivity (Wildman–Crippen MR) is 88.4 cm³/mol. The first-order chi connectivity index (χ1) is 10.3. The Morgan fingerprint density at radius 1 is 1.14 bits per heavy atom. The van der Waals surface area contributed by atoms with Crippen molar-refractivity contribution in [3.05, 3.63) is 36.1 Å². The number of para-hydroxylation sites is 1. The summed E-state index contributed by atoms with van der Waals surface area (Å²) < 4.78 is 6.13. The summed E-state index contributed by atoms with van der Waals surface area (Å²) in [4.78, 5) is 0. The van der Waals surface area contributed by atoms with Crippen molar-refractivity contribution >= 4 is 11.0 Å². The molecular formula is C19H27NO. The Hall–Kier alpha value is -1.28. The van der Waals surface area contributed by atoms with Gasteiger partial charge in [-0.3, -0.25) is 0 Å². The van der Waals surface area contributed by atoms with Crippen molar-refractivity contribution in [2.24, 2.45) is 11.8 Å². The zero-order chi connectivity index (χ0) is 14.7. The highest BCUT2D eigenvalue weighted by molar-refractivity contribution is 5.77. The first kappa shape index (κ1) is 14.6. The fraction of sp³-hybridized carbons (Fsp3) is 0.579. The molecule has 0 spiro atoms. The summed E-state index contributed by atoms with van der Waals surface area (Å²) in [6, 6.07) is 10.9. The highest BCUT2D eigenvalue weighted by atomic mass is 16.3. The Morgan fingerprint density at radius 2 is 1.90 bits per heavy atom. The summed E-state index contributed by atoms with van der Waals surface area (Å²) in [6.45, 7) is 5.51. The molecule has 2 nitrogen and oxygen atoms in total. The monoisotopic (exact) mass is 285 g/mol. The smallest absolute Gasteiger partial charge is 0.134 e. The average molecular weight is 285 g/mol. The maximum atomic E-state index is 6.13. The van der Waals surface area contributed by atoms with Gasteiger partial charge in [0.2, 0.25) is 0 Å². The summed E-state index contributed by atoms with van der Waals surface area (Å²) in [6.07, 6.45) is 6.75. The maximum absolute atomic E-state index is 6.13. The summed E-state index contributed by atoms with van der Waals surface area (Å²) in [5.74, 6) is 2.78. The van der Waals surface area contributed by atoms with Gasteiger partial charge in [0.1, 0.15) is 11.3 Å². The van der Waals surface area contributed by atoms with E-state index < -0.39 is 0 Å². The summed E-state index contributed by atoms with van der Waals surface area (Å²) in [7, 11) is 0.